The van der Waals surface area contributed by atoms with Crippen LogP contribution in [0, 0.1) is 0 Å². The average molecular weight is 282 g/mol. The summed E-state index contributed by atoms with van der Waals surface area (Å²) in [4.78, 5) is 3.73. The number of alkyl halides is 3. The largest absolute Gasteiger partial charge is 0.573 e. The first-order valence-corrected chi connectivity index (χ1v) is 5.12. The zero-order valence-corrected chi connectivity index (χ0v) is 9.57. The molecule has 90 valence electrons. The maximum Gasteiger partial charge on any atom is 0.573 e. The van der Waals surface area contributed by atoms with Crippen molar-refractivity contribution in [1.29, 1.82) is 0 Å². The van der Waals surface area contributed by atoms with E-state index < -0.39 is 6.36 Å². The number of pyridine rings is 1. The normalized spacial score (nSPS) is 11.8. The van der Waals surface area contributed by atoms with Crippen LogP contribution >= 0.6 is 23.2 Å². The Labute approximate surface area is 104 Å². The van der Waals surface area contributed by atoms with E-state index in [1.54, 1.807) is 0 Å². The molecule has 0 spiro atoms. The lowest BCUT2D eigenvalue weighted by molar-refractivity contribution is -0.274. The minimum Gasteiger partial charge on any atom is -0.406 e. The maximum absolute atomic E-state index is 12.0. The van der Waals surface area contributed by atoms with Crippen molar-refractivity contribution in [2.24, 2.45) is 0 Å². The molecule has 0 atom stereocenters. The van der Waals surface area contributed by atoms with Crippen LogP contribution in [0.3, 0.4) is 0 Å². The Hall–Kier alpha value is -1.20. The molecule has 17 heavy (non-hydrogen) atoms. The molecule has 7 heteroatoms. The number of rotatable bonds is 1. The molecule has 1 heterocycles. The highest BCUT2D eigenvalue weighted by atomic mass is 35.5. The first-order chi connectivity index (χ1) is 7.85. The van der Waals surface area contributed by atoms with E-state index in [1.807, 2.05) is 0 Å². The third-order valence-electron chi connectivity index (χ3n) is 1.96. The lowest BCUT2D eigenvalue weighted by atomic mass is 10.2. The Morgan fingerprint density at radius 3 is 2.47 bits per heavy atom. The van der Waals surface area contributed by atoms with Gasteiger partial charge in [-0.3, -0.25) is 0 Å². The summed E-state index contributed by atoms with van der Waals surface area (Å²) in [6, 6.07) is 5.27. The summed E-state index contributed by atoms with van der Waals surface area (Å²) in [6.45, 7) is 0. The van der Waals surface area contributed by atoms with Gasteiger partial charge in [0.2, 0.25) is 0 Å². The number of benzene rings is 1. The Bertz CT molecular complexity index is 571. The van der Waals surface area contributed by atoms with Crippen molar-refractivity contribution in [1.82, 2.24) is 4.98 Å². The number of aromatic nitrogens is 1. The van der Waals surface area contributed by atoms with Crippen LogP contribution in [0.2, 0.25) is 10.3 Å². The zero-order valence-electron chi connectivity index (χ0n) is 8.05. The van der Waals surface area contributed by atoms with Gasteiger partial charge in [-0.15, -0.1) is 13.2 Å². The lowest BCUT2D eigenvalue weighted by Crippen LogP contribution is -2.17. The summed E-state index contributed by atoms with van der Waals surface area (Å²) < 4.78 is 39.8. The van der Waals surface area contributed by atoms with Gasteiger partial charge in [0.25, 0.3) is 0 Å². The number of hydrogen-bond donors (Lipinski definition) is 0. The summed E-state index contributed by atoms with van der Waals surface area (Å²) in [7, 11) is 0. The Kier molecular flexibility index (Phi) is 3.05. The van der Waals surface area contributed by atoms with Crippen LogP contribution in [0.15, 0.2) is 24.3 Å². The number of halogens is 5. The molecule has 2 aromatic rings. The summed E-state index contributed by atoms with van der Waals surface area (Å²) in [6.07, 6.45) is -4.74. The molecule has 0 N–H and O–H groups in total. The van der Waals surface area contributed by atoms with E-state index in [0.717, 1.165) is 6.07 Å². The van der Waals surface area contributed by atoms with Crippen molar-refractivity contribution in [2.45, 2.75) is 6.36 Å². The van der Waals surface area contributed by atoms with Crippen molar-refractivity contribution < 1.29 is 17.9 Å². The average Bonchev–Trinajstić information content (AvgIpc) is 2.16. The standard InChI is InChI=1S/C10H4Cl2F3NO/c11-8-3-5-1-2-6(17-10(13,14)15)4-7(5)9(12)16-8/h1-4H. The third-order valence-corrected chi connectivity index (χ3v) is 2.44. The van der Waals surface area contributed by atoms with Crippen LogP contribution in [0.4, 0.5) is 13.2 Å². The van der Waals surface area contributed by atoms with Crippen LogP contribution in [0.5, 0.6) is 5.75 Å². The summed E-state index contributed by atoms with van der Waals surface area (Å²) >= 11 is 11.4. The molecule has 0 unspecified atom stereocenters. The fourth-order valence-electron chi connectivity index (χ4n) is 1.35. The van der Waals surface area contributed by atoms with E-state index in [0.29, 0.717) is 10.8 Å². The first kappa shape index (κ1) is 12.3. The van der Waals surface area contributed by atoms with E-state index in [9.17, 15) is 13.2 Å². The van der Waals surface area contributed by atoms with Gasteiger partial charge >= 0.3 is 6.36 Å². The van der Waals surface area contributed by atoms with Crippen LogP contribution in [0.1, 0.15) is 0 Å². The fourth-order valence-corrected chi connectivity index (χ4v) is 1.85. The van der Waals surface area contributed by atoms with Crippen molar-refractivity contribution >= 4 is 34.0 Å². The molecule has 0 fully saturated rings. The SMILES string of the molecule is FC(F)(F)Oc1ccc2cc(Cl)nc(Cl)c2c1. The Morgan fingerprint density at radius 1 is 1.12 bits per heavy atom. The van der Waals surface area contributed by atoms with Gasteiger partial charge in [-0.05, 0) is 23.6 Å². The third kappa shape index (κ3) is 2.92. The van der Waals surface area contributed by atoms with Crippen LogP contribution < -0.4 is 4.74 Å². The second kappa shape index (κ2) is 4.23. The smallest absolute Gasteiger partial charge is 0.406 e. The topological polar surface area (TPSA) is 22.1 Å². The van der Waals surface area contributed by atoms with E-state index in [1.165, 1.54) is 18.2 Å². The van der Waals surface area contributed by atoms with Gasteiger partial charge in [0.15, 0.2) is 0 Å². The molecule has 2 rings (SSSR count). The molecule has 2 nitrogen and oxygen atoms in total. The Balaban J connectivity index is 2.51. The molecule has 0 aliphatic carbocycles. The van der Waals surface area contributed by atoms with E-state index >= 15 is 0 Å². The van der Waals surface area contributed by atoms with Gasteiger partial charge in [0, 0.05) is 5.39 Å². The molecule has 0 saturated heterocycles. The van der Waals surface area contributed by atoms with Crippen LogP contribution in [-0.4, -0.2) is 11.3 Å². The van der Waals surface area contributed by atoms with E-state index in [-0.39, 0.29) is 16.1 Å². The molecular formula is C10H4Cl2F3NO. The number of fused-ring (bicyclic) bond motifs is 1. The van der Waals surface area contributed by atoms with Gasteiger partial charge in [-0.2, -0.15) is 0 Å². The molecule has 0 bridgehead atoms. The zero-order chi connectivity index (χ0) is 12.6. The minimum atomic E-state index is -4.74. The summed E-state index contributed by atoms with van der Waals surface area (Å²) in [5.74, 6) is -0.351. The van der Waals surface area contributed by atoms with E-state index in [4.69, 9.17) is 23.2 Å². The number of nitrogens with zero attached hydrogens (tertiary/aromatic N) is 1. The van der Waals surface area contributed by atoms with Crippen molar-refractivity contribution in [3.63, 3.8) is 0 Å². The summed E-state index contributed by atoms with van der Waals surface area (Å²) in [5, 5.41) is 1.13. The molecule has 1 aromatic heterocycles. The van der Waals surface area contributed by atoms with Crippen LogP contribution in [-0.2, 0) is 0 Å². The molecular weight excluding hydrogens is 278 g/mol. The van der Waals surface area contributed by atoms with Gasteiger partial charge in [0.05, 0.1) is 0 Å². The fraction of sp³-hybridized carbons (Fsp3) is 0.100. The molecule has 0 saturated carbocycles. The Morgan fingerprint density at radius 2 is 1.82 bits per heavy atom. The van der Waals surface area contributed by atoms with Gasteiger partial charge in [-0.25, -0.2) is 4.98 Å². The second-order valence-corrected chi connectivity index (χ2v) is 3.91. The second-order valence-electron chi connectivity index (χ2n) is 3.17. The first-order valence-electron chi connectivity index (χ1n) is 4.37. The predicted octanol–water partition coefficient (Wildman–Crippen LogP) is 4.44. The predicted molar refractivity (Wildman–Crippen MR) is 58.4 cm³/mol. The van der Waals surface area contributed by atoms with Crippen molar-refractivity contribution in [2.75, 3.05) is 0 Å². The molecule has 0 radical (unpaired) electrons. The number of ether oxygens (including phenoxy) is 1. The quantitative estimate of drug-likeness (QED) is 0.721. The highest BCUT2D eigenvalue weighted by Gasteiger charge is 2.31. The molecule has 0 amide bonds. The number of hydrogen-bond acceptors (Lipinski definition) is 2. The minimum absolute atomic E-state index is 0.0279. The van der Waals surface area contributed by atoms with Gasteiger partial charge in [0.1, 0.15) is 16.1 Å². The molecule has 0 aliphatic heterocycles. The molecule has 1 aromatic carbocycles. The van der Waals surface area contributed by atoms with Crippen LogP contribution in [0.25, 0.3) is 10.8 Å². The highest BCUT2D eigenvalue weighted by Crippen LogP contribution is 2.30. The monoisotopic (exact) mass is 281 g/mol. The maximum atomic E-state index is 12.0. The van der Waals surface area contributed by atoms with E-state index in [2.05, 4.69) is 9.72 Å². The lowest BCUT2D eigenvalue weighted by Gasteiger charge is -2.09. The highest BCUT2D eigenvalue weighted by molar-refractivity contribution is 6.36. The van der Waals surface area contributed by atoms with Gasteiger partial charge < -0.3 is 4.74 Å². The summed E-state index contributed by atoms with van der Waals surface area (Å²) in [5.41, 5.74) is 0. The van der Waals surface area contributed by atoms with Crippen molar-refractivity contribution in [3.8, 4) is 5.75 Å². The molecule has 0 aliphatic rings. The van der Waals surface area contributed by atoms with Crippen molar-refractivity contribution in [3.05, 3.63) is 34.6 Å². The van der Waals surface area contributed by atoms with Gasteiger partial charge in [-0.1, -0.05) is 29.3 Å².